The van der Waals surface area contributed by atoms with Crippen LogP contribution in [0.5, 0.6) is 5.75 Å². The van der Waals surface area contributed by atoms with E-state index in [1.807, 2.05) is 26.8 Å². The average molecular weight is 389 g/mol. The van der Waals surface area contributed by atoms with Crippen molar-refractivity contribution in [3.05, 3.63) is 59.2 Å². The van der Waals surface area contributed by atoms with Crippen LogP contribution in [0.25, 0.3) is 0 Å². The van der Waals surface area contributed by atoms with Gasteiger partial charge in [0.15, 0.2) is 0 Å². The Morgan fingerprint density at radius 1 is 1.11 bits per heavy atom. The molecule has 1 aliphatic heterocycles. The van der Waals surface area contributed by atoms with Crippen molar-refractivity contribution < 1.29 is 17.3 Å². The van der Waals surface area contributed by atoms with Gasteiger partial charge in [0.25, 0.3) is 10.1 Å². The topological polar surface area (TPSA) is 52.6 Å². The zero-order valence-corrected chi connectivity index (χ0v) is 17.3. The summed E-state index contributed by atoms with van der Waals surface area (Å²) in [7, 11) is -3.81. The fourth-order valence-corrected chi connectivity index (χ4v) is 4.48. The fourth-order valence-electron chi connectivity index (χ4n) is 3.47. The number of hydrogen-bond acceptors (Lipinski definition) is 4. The van der Waals surface area contributed by atoms with Crippen LogP contribution in [0.15, 0.2) is 47.4 Å². The zero-order chi connectivity index (χ0) is 19.7. The summed E-state index contributed by atoms with van der Waals surface area (Å²) >= 11 is 0. The van der Waals surface area contributed by atoms with E-state index in [-0.39, 0.29) is 11.5 Å². The molecule has 2 aromatic rings. The minimum atomic E-state index is -3.81. The summed E-state index contributed by atoms with van der Waals surface area (Å²) in [5, 5.41) is 0. The summed E-state index contributed by atoms with van der Waals surface area (Å²) in [6, 6.07) is 12.9. The first-order chi connectivity index (χ1) is 12.7. The van der Waals surface area contributed by atoms with Gasteiger partial charge in [0, 0.05) is 0 Å². The molecule has 27 heavy (non-hydrogen) atoms. The molecule has 1 heterocycles. The number of aryl methyl sites for hydroxylation is 2. The standard InChI is InChI=1S/C22H28O4S/c1-16-7-10-19(11-8-16)27(23,24)25-15-22(4)13-5-6-18(3)20-12-9-17(2)14-21(20)26-22/h7-12,14,18H,5-6,13,15H2,1-4H3. The number of ether oxygens (including phenoxy) is 1. The molecule has 1 aliphatic rings. The summed E-state index contributed by atoms with van der Waals surface area (Å²) in [5.74, 6) is 1.25. The van der Waals surface area contributed by atoms with Crippen molar-refractivity contribution in [1.82, 2.24) is 0 Å². The van der Waals surface area contributed by atoms with Gasteiger partial charge >= 0.3 is 0 Å². The van der Waals surface area contributed by atoms with E-state index in [0.29, 0.717) is 5.92 Å². The highest BCUT2D eigenvalue weighted by Crippen LogP contribution is 2.38. The van der Waals surface area contributed by atoms with Crippen molar-refractivity contribution in [1.29, 1.82) is 0 Å². The van der Waals surface area contributed by atoms with Crippen LogP contribution in [-0.2, 0) is 14.3 Å². The van der Waals surface area contributed by atoms with Crippen molar-refractivity contribution in [3.8, 4) is 5.75 Å². The quantitative estimate of drug-likeness (QED) is 0.681. The van der Waals surface area contributed by atoms with Gasteiger partial charge in [0.05, 0.1) is 4.90 Å². The highest BCUT2D eigenvalue weighted by atomic mass is 32.2. The van der Waals surface area contributed by atoms with Crippen LogP contribution in [0.4, 0.5) is 0 Å². The third-order valence-corrected chi connectivity index (χ3v) is 6.51. The van der Waals surface area contributed by atoms with Crippen LogP contribution in [0.2, 0.25) is 0 Å². The predicted octanol–water partition coefficient (Wildman–Crippen LogP) is 5.13. The molecule has 5 heteroatoms. The van der Waals surface area contributed by atoms with Gasteiger partial charge in [-0.15, -0.1) is 0 Å². The highest BCUT2D eigenvalue weighted by Gasteiger charge is 2.33. The van der Waals surface area contributed by atoms with E-state index in [1.165, 1.54) is 5.56 Å². The second-order valence-corrected chi connectivity index (χ2v) is 9.53. The van der Waals surface area contributed by atoms with E-state index in [4.69, 9.17) is 8.92 Å². The highest BCUT2D eigenvalue weighted by molar-refractivity contribution is 7.86. The average Bonchev–Trinajstić information content (AvgIpc) is 2.59. The monoisotopic (exact) mass is 388 g/mol. The maximum atomic E-state index is 12.6. The number of hydrogen-bond donors (Lipinski definition) is 0. The second-order valence-electron chi connectivity index (χ2n) is 7.92. The van der Waals surface area contributed by atoms with Crippen molar-refractivity contribution in [2.75, 3.05) is 6.61 Å². The molecule has 146 valence electrons. The Morgan fingerprint density at radius 3 is 2.48 bits per heavy atom. The fraction of sp³-hybridized carbons (Fsp3) is 0.455. The Bertz CT molecular complexity index is 902. The van der Waals surface area contributed by atoms with Gasteiger partial charge in [0.1, 0.15) is 18.0 Å². The van der Waals surface area contributed by atoms with Crippen LogP contribution in [0, 0.1) is 13.8 Å². The van der Waals surface area contributed by atoms with Crippen LogP contribution < -0.4 is 4.74 Å². The van der Waals surface area contributed by atoms with Crippen LogP contribution in [-0.4, -0.2) is 20.6 Å². The minimum absolute atomic E-state index is 0.00896. The molecule has 2 aromatic carbocycles. The zero-order valence-electron chi connectivity index (χ0n) is 16.5. The molecule has 0 amide bonds. The van der Waals surface area contributed by atoms with E-state index in [9.17, 15) is 8.42 Å². The lowest BCUT2D eigenvalue weighted by Gasteiger charge is -2.34. The van der Waals surface area contributed by atoms with Gasteiger partial charge in [-0.3, -0.25) is 4.18 Å². The number of fused-ring (bicyclic) bond motifs is 1. The maximum absolute atomic E-state index is 12.6. The van der Waals surface area contributed by atoms with Crippen molar-refractivity contribution >= 4 is 10.1 Å². The van der Waals surface area contributed by atoms with E-state index < -0.39 is 15.7 Å². The summed E-state index contributed by atoms with van der Waals surface area (Å²) in [4.78, 5) is 0.174. The molecule has 0 saturated heterocycles. The Hall–Kier alpha value is -1.85. The molecule has 2 unspecified atom stereocenters. The van der Waals surface area contributed by atoms with E-state index in [0.717, 1.165) is 36.1 Å². The van der Waals surface area contributed by atoms with Crippen molar-refractivity contribution in [2.24, 2.45) is 0 Å². The van der Waals surface area contributed by atoms with Gasteiger partial charge in [-0.25, -0.2) is 0 Å². The lowest BCUT2D eigenvalue weighted by molar-refractivity contribution is 0.0235. The molecule has 0 fully saturated rings. The Morgan fingerprint density at radius 2 is 1.78 bits per heavy atom. The maximum Gasteiger partial charge on any atom is 0.297 e. The molecule has 3 rings (SSSR count). The summed E-state index contributed by atoms with van der Waals surface area (Å²) in [6.07, 6.45) is 2.74. The molecule has 0 saturated carbocycles. The van der Waals surface area contributed by atoms with E-state index in [2.05, 4.69) is 19.1 Å². The Balaban J connectivity index is 1.81. The van der Waals surface area contributed by atoms with Gasteiger partial charge < -0.3 is 4.74 Å². The summed E-state index contributed by atoms with van der Waals surface area (Å²) in [6.45, 7) is 8.08. The first-order valence-corrected chi connectivity index (χ1v) is 10.9. The predicted molar refractivity (Wildman–Crippen MR) is 107 cm³/mol. The molecule has 0 bridgehead atoms. The normalized spacial score (nSPS) is 23.0. The van der Waals surface area contributed by atoms with E-state index in [1.54, 1.807) is 24.3 Å². The van der Waals surface area contributed by atoms with Crippen molar-refractivity contribution in [2.45, 2.75) is 63.4 Å². The van der Waals surface area contributed by atoms with Crippen molar-refractivity contribution in [3.63, 3.8) is 0 Å². The third kappa shape index (κ3) is 4.71. The van der Waals surface area contributed by atoms with Gasteiger partial charge in [-0.1, -0.05) is 36.8 Å². The van der Waals surface area contributed by atoms with Gasteiger partial charge in [-0.2, -0.15) is 8.42 Å². The molecule has 2 atom stereocenters. The molecule has 0 aliphatic carbocycles. The van der Waals surface area contributed by atoms with Crippen LogP contribution >= 0.6 is 0 Å². The Kier molecular flexibility index (Phi) is 5.63. The minimum Gasteiger partial charge on any atom is -0.485 e. The lowest BCUT2D eigenvalue weighted by atomic mass is 9.88. The third-order valence-electron chi connectivity index (χ3n) is 5.23. The first-order valence-electron chi connectivity index (χ1n) is 9.44. The molecular weight excluding hydrogens is 360 g/mol. The van der Waals surface area contributed by atoms with Crippen LogP contribution in [0.3, 0.4) is 0 Å². The number of rotatable bonds is 4. The molecular formula is C22H28O4S. The number of benzene rings is 2. The second kappa shape index (κ2) is 7.64. The molecule has 0 N–H and O–H groups in total. The molecule has 0 radical (unpaired) electrons. The largest absolute Gasteiger partial charge is 0.485 e. The van der Waals surface area contributed by atoms with Crippen LogP contribution in [0.1, 0.15) is 55.7 Å². The summed E-state index contributed by atoms with van der Waals surface area (Å²) < 4.78 is 36.9. The molecule has 4 nitrogen and oxygen atoms in total. The Labute approximate surface area is 162 Å². The van der Waals surface area contributed by atoms with Gasteiger partial charge in [0.2, 0.25) is 0 Å². The smallest absolute Gasteiger partial charge is 0.297 e. The molecule has 0 aromatic heterocycles. The lowest BCUT2D eigenvalue weighted by Crippen LogP contribution is -2.39. The van der Waals surface area contributed by atoms with Gasteiger partial charge in [-0.05, 0) is 75.3 Å². The SMILES string of the molecule is Cc1ccc(S(=O)(=O)OCC2(C)CCCC(C)c3ccc(C)cc3O2)cc1. The summed E-state index contributed by atoms with van der Waals surface area (Å²) in [5.41, 5.74) is 2.61. The van der Waals surface area contributed by atoms with E-state index >= 15 is 0 Å². The molecule has 0 spiro atoms. The first kappa shape index (κ1) is 19.9.